The van der Waals surface area contributed by atoms with E-state index in [2.05, 4.69) is 48.3 Å². The minimum atomic E-state index is -0.867. The first-order valence-electron chi connectivity index (χ1n) is 9.77. The predicted molar refractivity (Wildman–Crippen MR) is 112 cm³/mol. The average molecular weight is 377 g/mol. The monoisotopic (exact) mass is 377 g/mol. The molecule has 0 saturated heterocycles. The lowest BCUT2D eigenvalue weighted by Gasteiger charge is -2.17. The standard InChI is InChI=1S/C23H27N3O2/c1-3-4-15-26(23(27)28)16-14-21-24-17(2)22(25-21)20-12-10-19(11-13-20)18-8-6-5-7-9-18/h5-13H,3-4,14-16H2,1-2H3,(H,24,25)(H,27,28). The van der Waals surface area contributed by atoms with Crippen molar-refractivity contribution < 1.29 is 9.90 Å². The van der Waals surface area contributed by atoms with Gasteiger partial charge in [0.2, 0.25) is 0 Å². The van der Waals surface area contributed by atoms with Crippen molar-refractivity contribution in [3.63, 3.8) is 0 Å². The van der Waals surface area contributed by atoms with Crippen LogP contribution in [0.3, 0.4) is 0 Å². The Morgan fingerprint density at radius 1 is 1.00 bits per heavy atom. The normalized spacial score (nSPS) is 10.8. The van der Waals surface area contributed by atoms with Crippen LogP contribution in [0.4, 0.5) is 4.79 Å². The van der Waals surface area contributed by atoms with Crippen molar-refractivity contribution >= 4 is 6.09 Å². The molecule has 1 amide bonds. The molecule has 5 nitrogen and oxygen atoms in total. The maximum Gasteiger partial charge on any atom is 0.407 e. The molecule has 3 rings (SSSR count). The number of aryl methyl sites for hydroxylation is 1. The number of unbranched alkanes of at least 4 members (excludes halogenated alkanes) is 1. The molecule has 146 valence electrons. The molecule has 0 aliphatic carbocycles. The zero-order chi connectivity index (χ0) is 19.9. The molecule has 0 bridgehead atoms. The summed E-state index contributed by atoms with van der Waals surface area (Å²) in [5, 5.41) is 9.33. The van der Waals surface area contributed by atoms with E-state index in [0.29, 0.717) is 19.5 Å². The van der Waals surface area contributed by atoms with Gasteiger partial charge < -0.3 is 15.0 Å². The fourth-order valence-electron chi connectivity index (χ4n) is 3.27. The summed E-state index contributed by atoms with van der Waals surface area (Å²) < 4.78 is 0. The molecule has 0 radical (unpaired) electrons. The van der Waals surface area contributed by atoms with Crippen LogP contribution in [0, 0.1) is 6.92 Å². The maximum atomic E-state index is 11.4. The number of hydrogen-bond donors (Lipinski definition) is 2. The number of nitrogens with zero attached hydrogens (tertiary/aromatic N) is 2. The van der Waals surface area contributed by atoms with E-state index < -0.39 is 6.09 Å². The maximum absolute atomic E-state index is 11.4. The summed E-state index contributed by atoms with van der Waals surface area (Å²) >= 11 is 0. The summed E-state index contributed by atoms with van der Waals surface area (Å²) in [6.45, 7) is 5.09. The minimum absolute atomic E-state index is 0.453. The third-order valence-electron chi connectivity index (χ3n) is 4.87. The molecule has 1 aromatic heterocycles. The van der Waals surface area contributed by atoms with Gasteiger partial charge in [0.15, 0.2) is 0 Å². The molecule has 0 saturated carbocycles. The van der Waals surface area contributed by atoms with Crippen molar-refractivity contribution in [3.05, 3.63) is 66.1 Å². The molecular weight excluding hydrogens is 350 g/mol. The smallest absolute Gasteiger partial charge is 0.407 e. The first kappa shape index (κ1) is 19.7. The van der Waals surface area contributed by atoms with Crippen molar-refractivity contribution in [1.29, 1.82) is 0 Å². The molecule has 2 N–H and O–H groups in total. The van der Waals surface area contributed by atoms with Crippen LogP contribution in [0.25, 0.3) is 22.4 Å². The molecule has 0 unspecified atom stereocenters. The van der Waals surface area contributed by atoms with Crippen molar-refractivity contribution in [3.8, 4) is 22.4 Å². The van der Waals surface area contributed by atoms with Crippen LogP contribution in [-0.2, 0) is 6.42 Å². The highest BCUT2D eigenvalue weighted by atomic mass is 16.4. The number of H-pyrrole nitrogens is 1. The highest BCUT2D eigenvalue weighted by Gasteiger charge is 2.14. The van der Waals surface area contributed by atoms with Gasteiger partial charge in [-0.25, -0.2) is 9.78 Å². The van der Waals surface area contributed by atoms with Gasteiger partial charge in [-0.15, -0.1) is 0 Å². The van der Waals surface area contributed by atoms with Crippen LogP contribution in [0.1, 0.15) is 31.3 Å². The van der Waals surface area contributed by atoms with E-state index in [9.17, 15) is 9.90 Å². The Hall–Kier alpha value is -3.08. The molecule has 0 atom stereocenters. The van der Waals surface area contributed by atoms with Crippen LogP contribution < -0.4 is 0 Å². The fraction of sp³-hybridized carbons (Fsp3) is 0.304. The van der Waals surface area contributed by atoms with Crippen molar-refractivity contribution in [2.75, 3.05) is 13.1 Å². The SMILES string of the molecule is CCCCN(CCc1nc(-c2ccc(-c3ccccc3)cc2)c(C)[nH]1)C(=O)O. The summed E-state index contributed by atoms with van der Waals surface area (Å²) in [7, 11) is 0. The third-order valence-corrected chi connectivity index (χ3v) is 4.87. The average Bonchev–Trinajstić information content (AvgIpc) is 3.09. The second-order valence-corrected chi connectivity index (χ2v) is 6.97. The Kier molecular flexibility index (Phi) is 6.48. The summed E-state index contributed by atoms with van der Waals surface area (Å²) in [6.07, 6.45) is 1.57. The fourth-order valence-corrected chi connectivity index (χ4v) is 3.27. The number of aromatic nitrogens is 2. The van der Waals surface area contributed by atoms with Crippen LogP contribution in [-0.4, -0.2) is 39.2 Å². The zero-order valence-electron chi connectivity index (χ0n) is 16.5. The Labute approximate surface area is 166 Å². The number of imidazole rings is 1. The molecular formula is C23H27N3O2. The van der Waals surface area contributed by atoms with Gasteiger partial charge in [-0.3, -0.25) is 0 Å². The highest BCUT2D eigenvalue weighted by molar-refractivity contribution is 5.69. The van der Waals surface area contributed by atoms with E-state index in [1.165, 1.54) is 16.0 Å². The van der Waals surface area contributed by atoms with Gasteiger partial charge in [0.05, 0.1) is 5.69 Å². The largest absolute Gasteiger partial charge is 0.465 e. The van der Waals surface area contributed by atoms with E-state index in [1.54, 1.807) is 0 Å². The molecule has 0 fully saturated rings. The molecule has 0 aliphatic heterocycles. The van der Waals surface area contributed by atoms with E-state index >= 15 is 0 Å². The molecule has 1 heterocycles. The van der Waals surface area contributed by atoms with Gasteiger partial charge in [-0.2, -0.15) is 0 Å². The number of aromatic amines is 1. The molecule has 3 aromatic rings. The molecule has 5 heteroatoms. The summed E-state index contributed by atoms with van der Waals surface area (Å²) in [5.74, 6) is 0.822. The summed E-state index contributed by atoms with van der Waals surface area (Å²) in [4.78, 5) is 20.9. The first-order chi connectivity index (χ1) is 13.6. The second-order valence-electron chi connectivity index (χ2n) is 6.97. The number of rotatable bonds is 8. The van der Waals surface area contributed by atoms with E-state index in [4.69, 9.17) is 4.98 Å². The predicted octanol–water partition coefficient (Wildman–Crippen LogP) is 5.37. The molecule has 2 aromatic carbocycles. The third kappa shape index (κ3) is 4.80. The Balaban J connectivity index is 1.70. The lowest BCUT2D eigenvalue weighted by atomic mass is 10.0. The number of carboxylic acid groups (broad SMARTS) is 1. The molecule has 0 aliphatic rings. The lowest BCUT2D eigenvalue weighted by molar-refractivity contribution is 0.145. The van der Waals surface area contributed by atoms with Crippen molar-refractivity contribution in [1.82, 2.24) is 14.9 Å². The highest BCUT2D eigenvalue weighted by Crippen LogP contribution is 2.25. The topological polar surface area (TPSA) is 69.2 Å². The van der Waals surface area contributed by atoms with Crippen LogP contribution >= 0.6 is 0 Å². The van der Waals surface area contributed by atoms with Crippen LogP contribution in [0.2, 0.25) is 0 Å². The first-order valence-corrected chi connectivity index (χ1v) is 9.77. The number of nitrogens with one attached hydrogen (secondary N) is 1. The van der Waals surface area contributed by atoms with Gasteiger partial charge in [0.25, 0.3) is 0 Å². The Bertz CT molecular complexity index is 901. The summed E-state index contributed by atoms with van der Waals surface area (Å²) in [5.41, 5.74) is 5.34. The number of benzene rings is 2. The van der Waals surface area contributed by atoms with E-state index in [1.807, 2.05) is 25.1 Å². The second kappa shape index (κ2) is 9.22. The van der Waals surface area contributed by atoms with Crippen LogP contribution in [0.15, 0.2) is 54.6 Å². The van der Waals surface area contributed by atoms with Gasteiger partial charge >= 0.3 is 6.09 Å². The number of amides is 1. The zero-order valence-corrected chi connectivity index (χ0v) is 16.5. The lowest BCUT2D eigenvalue weighted by Crippen LogP contribution is -2.32. The molecule has 0 spiro atoms. The van der Waals surface area contributed by atoms with Gasteiger partial charge in [0, 0.05) is 30.8 Å². The quantitative estimate of drug-likeness (QED) is 0.554. The van der Waals surface area contributed by atoms with E-state index in [0.717, 1.165) is 35.6 Å². The number of carbonyl (C=O) groups is 1. The van der Waals surface area contributed by atoms with Gasteiger partial charge in [0.1, 0.15) is 5.82 Å². The number of hydrogen-bond acceptors (Lipinski definition) is 2. The minimum Gasteiger partial charge on any atom is -0.465 e. The van der Waals surface area contributed by atoms with Crippen molar-refractivity contribution in [2.24, 2.45) is 0 Å². The molecule has 28 heavy (non-hydrogen) atoms. The Morgan fingerprint density at radius 2 is 1.64 bits per heavy atom. The summed E-state index contributed by atoms with van der Waals surface area (Å²) in [6, 6.07) is 18.7. The van der Waals surface area contributed by atoms with Gasteiger partial charge in [-0.05, 0) is 24.5 Å². The van der Waals surface area contributed by atoms with Crippen LogP contribution in [0.5, 0.6) is 0 Å². The van der Waals surface area contributed by atoms with Gasteiger partial charge in [-0.1, -0.05) is 67.9 Å². The van der Waals surface area contributed by atoms with E-state index in [-0.39, 0.29) is 0 Å². The van der Waals surface area contributed by atoms with Crippen molar-refractivity contribution in [2.45, 2.75) is 33.1 Å². The Morgan fingerprint density at radius 3 is 2.29 bits per heavy atom.